The third-order valence-corrected chi connectivity index (χ3v) is 2.26. The van der Waals surface area contributed by atoms with Crippen LogP contribution in [0.15, 0.2) is 39.9 Å². The molecule has 0 saturated heterocycles. The average molecular weight is 263 g/mol. The summed E-state index contributed by atoms with van der Waals surface area (Å²) in [5.41, 5.74) is 0.305. The van der Waals surface area contributed by atoms with Gasteiger partial charge in [0.1, 0.15) is 5.76 Å². The van der Waals surface area contributed by atoms with Crippen molar-refractivity contribution in [3.8, 4) is 0 Å². The van der Waals surface area contributed by atoms with Crippen molar-refractivity contribution in [3.63, 3.8) is 0 Å². The number of hydrogen-bond acceptors (Lipinski definition) is 6. The van der Waals surface area contributed by atoms with Gasteiger partial charge in [0.15, 0.2) is 17.2 Å². The number of allylic oxidation sites excluding steroid dienone is 2. The van der Waals surface area contributed by atoms with Gasteiger partial charge >= 0.3 is 0 Å². The summed E-state index contributed by atoms with van der Waals surface area (Å²) in [6.07, 6.45) is 0. The Morgan fingerprint density at radius 3 is 2.47 bits per heavy atom. The number of nitrogens with zero attached hydrogens (tertiary/aromatic N) is 3. The first-order chi connectivity index (χ1) is 8.82. The summed E-state index contributed by atoms with van der Waals surface area (Å²) in [6, 6.07) is 4.43. The van der Waals surface area contributed by atoms with Gasteiger partial charge in [0.25, 0.3) is 5.69 Å². The van der Waals surface area contributed by atoms with E-state index < -0.39 is 10.7 Å². The summed E-state index contributed by atoms with van der Waals surface area (Å²) in [5, 5.41) is 27.3. The Kier molecular flexibility index (Phi) is 4.46. The summed E-state index contributed by atoms with van der Waals surface area (Å²) in [6.45, 7) is 4.23. The lowest BCUT2D eigenvalue weighted by Gasteiger charge is -1.99. The number of aryl methyl sites for hydroxylation is 1. The number of aliphatic hydroxyl groups is 1. The van der Waals surface area contributed by atoms with Gasteiger partial charge < -0.3 is 5.11 Å². The predicted octanol–water partition coefficient (Wildman–Crippen LogP) is 3.37. The second kappa shape index (κ2) is 5.85. The van der Waals surface area contributed by atoms with Gasteiger partial charge in [-0.05, 0) is 25.5 Å². The van der Waals surface area contributed by atoms with E-state index in [9.17, 15) is 20.0 Å². The number of Topliss-reactive ketones (excluding diaryl/α,β-unsaturated/α-hetero) is 1. The Bertz CT molecular complexity index is 587. The molecule has 0 fully saturated rings. The maximum atomic E-state index is 11.2. The van der Waals surface area contributed by atoms with Gasteiger partial charge in [-0.25, -0.2) is 0 Å². The van der Waals surface area contributed by atoms with Gasteiger partial charge in [-0.1, -0.05) is 6.07 Å². The zero-order chi connectivity index (χ0) is 14.6. The minimum Gasteiger partial charge on any atom is -0.510 e. The van der Waals surface area contributed by atoms with E-state index in [1.54, 1.807) is 13.0 Å². The number of ketones is 1. The van der Waals surface area contributed by atoms with Gasteiger partial charge in [0.05, 0.1) is 4.92 Å². The molecule has 0 aromatic heterocycles. The first-order valence-corrected chi connectivity index (χ1v) is 5.40. The van der Waals surface area contributed by atoms with Crippen LogP contribution in [-0.4, -0.2) is 15.8 Å². The molecule has 1 aromatic rings. The van der Waals surface area contributed by atoms with Crippen LogP contribution >= 0.6 is 0 Å². The fourth-order valence-electron chi connectivity index (χ4n) is 1.37. The van der Waals surface area contributed by atoms with Crippen molar-refractivity contribution in [1.29, 1.82) is 0 Å². The van der Waals surface area contributed by atoms with E-state index >= 15 is 0 Å². The van der Waals surface area contributed by atoms with E-state index in [1.807, 2.05) is 0 Å². The van der Waals surface area contributed by atoms with E-state index in [0.29, 0.717) is 5.56 Å². The van der Waals surface area contributed by atoms with Crippen molar-refractivity contribution in [2.45, 2.75) is 20.8 Å². The second-order valence-electron chi connectivity index (χ2n) is 3.94. The first kappa shape index (κ1) is 14.5. The number of rotatable bonds is 4. The van der Waals surface area contributed by atoms with Crippen LogP contribution in [0, 0.1) is 17.0 Å². The largest absolute Gasteiger partial charge is 0.510 e. The van der Waals surface area contributed by atoms with Crippen molar-refractivity contribution in [1.82, 2.24) is 0 Å². The SMILES string of the molecule is CC(=O)/C(N=Nc1ccc(C)cc1[N+](=O)[O-])=C(\C)O. The van der Waals surface area contributed by atoms with Crippen LogP contribution < -0.4 is 0 Å². The third-order valence-electron chi connectivity index (χ3n) is 2.26. The van der Waals surface area contributed by atoms with Gasteiger partial charge in [0, 0.05) is 13.0 Å². The molecule has 0 radical (unpaired) electrons. The molecule has 0 aliphatic carbocycles. The smallest absolute Gasteiger partial charge is 0.296 e. The van der Waals surface area contributed by atoms with Crippen LogP contribution in [0.4, 0.5) is 11.4 Å². The molecular formula is C12H13N3O4. The van der Waals surface area contributed by atoms with E-state index in [4.69, 9.17) is 0 Å². The molecule has 7 nitrogen and oxygen atoms in total. The van der Waals surface area contributed by atoms with E-state index in [0.717, 1.165) is 0 Å². The molecular weight excluding hydrogens is 250 g/mol. The second-order valence-corrected chi connectivity index (χ2v) is 3.94. The van der Waals surface area contributed by atoms with Crippen LogP contribution in [0.3, 0.4) is 0 Å². The van der Waals surface area contributed by atoms with Crippen molar-refractivity contribution in [3.05, 3.63) is 45.3 Å². The van der Waals surface area contributed by atoms with E-state index in [2.05, 4.69) is 10.2 Å². The highest BCUT2D eigenvalue weighted by Gasteiger charge is 2.14. The standard InChI is InChI=1S/C12H13N3O4/c1-7-4-5-10(11(6-7)15(18)19)13-14-12(8(2)16)9(3)17/h4-6,16H,1-3H3/b12-8-,14-13?. The van der Waals surface area contributed by atoms with Crippen LogP contribution in [0.2, 0.25) is 0 Å². The highest BCUT2D eigenvalue weighted by Crippen LogP contribution is 2.29. The summed E-state index contributed by atoms with van der Waals surface area (Å²) in [4.78, 5) is 21.5. The van der Waals surface area contributed by atoms with E-state index in [-0.39, 0.29) is 22.8 Å². The maximum Gasteiger partial charge on any atom is 0.296 e. The number of benzene rings is 1. The van der Waals surface area contributed by atoms with Gasteiger partial charge in [-0.2, -0.15) is 0 Å². The summed E-state index contributed by atoms with van der Waals surface area (Å²) >= 11 is 0. The van der Waals surface area contributed by atoms with Crippen molar-refractivity contribution < 1.29 is 14.8 Å². The highest BCUT2D eigenvalue weighted by molar-refractivity contribution is 5.93. The molecule has 7 heteroatoms. The highest BCUT2D eigenvalue weighted by atomic mass is 16.6. The number of nitro benzene ring substituents is 1. The van der Waals surface area contributed by atoms with Crippen LogP contribution in [0.1, 0.15) is 19.4 Å². The molecule has 0 bridgehead atoms. The molecule has 0 saturated carbocycles. The predicted molar refractivity (Wildman–Crippen MR) is 68.4 cm³/mol. The van der Waals surface area contributed by atoms with Gasteiger partial charge in [-0.3, -0.25) is 14.9 Å². The Hall–Kier alpha value is -2.57. The zero-order valence-corrected chi connectivity index (χ0v) is 10.7. The van der Waals surface area contributed by atoms with Crippen molar-refractivity contribution in [2.24, 2.45) is 10.2 Å². The summed E-state index contributed by atoms with van der Waals surface area (Å²) in [5.74, 6) is -0.760. The first-order valence-electron chi connectivity index (χ1n) is 5.40. The molecule has 1 N–H and O–H groups in total. The normalized spacial score (nSPS) is 12.4. The molecule has 1 rings (SSSR count). The molecule has 0 aliphatic rings. The Balaban J connectivity index is 3.23. The fraction of sp³-hybridized carbons (Fsp3) is 0.250. The molecule has 0 amide bonds. The Morgan fingerprint density at radius 2 is 2.00 bits per heavy atom. The summed E-state index contributed by atoms with van der Waals surface area (Å²) in [7, 11) is 0. The number of nitro groups is 1. The van der Waals surface area contributed by atoms with Gasteiger partial charge in [0.2, 0.25) is 0 Å². The molecule has 1 aromatic carbocycles. The number of aliphatic hydroxyl groups excluding tert-OH is 1. The molecule has 0 aliphatic heterocycles. The van der Waals surface area contributed by atoms with Crippen molar-refractivity contribution in [2.75, 3.05) is 0 Å². The molecule has 0 heterocycles. The average Bonchev–Trinajstić information content (AvgIpc) is 2.29. The number of carbonyl (C=O) groups is 1. The Labute approximate surface area is 109 Å². The lowest BCUT2D eigenvalue weighted by Crippen LogP contribution is -1.96. The van der Waals surface area contributed by atoms with Gasteiger partial charge in [-0.15, -0.1) is 10.2 Å². The van der Waals surface area contributed by atoms with Crippen molar-refractivity contribution >= 4 is 17.2 Å². The molecule has 100 valence electrons. The molecule has 19 heavy (non-hydrogen) atoms. The minimum absolute atomic E-state index is 0.0237. The zero-order valence-electron chi connectivity index (χ0n) is 10.7. The molecule has 0 unspecified atom stereocenters. The van der Waals surface area contributed by atoms with E-state index in [1.165, 1.54) is 26.0 Å². The number of azo groups is 1. The number of carbonyl (C=O) groups excluding carboxylic acids is 1. The molecule has 0 spiro atoms. The van der Waals surface area contributed by atoms with Crippen LogP contribution in [-0.2, 0) is 4.79 Å². The van der Waals surface area contributed by atoms with Crippen LogP contribution in [0.5, 0.6) is 0 Å². The topological polar surface area (TPSA) is 105 Å². The van der Waals surface area contributed by atoms with Crippen LogP contribution in [0.25, 0.3) is 0 Å². The molecule has 0 atom stereocenters. The maximum absolute atomic E-state index is 11.2. The fourth-order valence-corrected chi connectivity index (χ4v) is 1.37. The summed E-state index contributed by atoms with van der Waals surface area (Å²) < 4.78 is 0. The monoisotopic (exact) mass is 263 g/mol. The lowest BCUT2D eigenvalue weighted by molar-refractivity contribution is -0.384. The minimum atomic E-state index is -0.579. The Morgan fingerprint density at radius 1 is 1.37 bits per heavy atom. The lowest BCUT2D eigenvalue weighted by atomic mass is 10.2. The number of hydrogen-bond donors (Lipinski definition) is 1. The third kappa shape index (κ3) is 3.70. The quantitative estimate of drug-likeness (QED) is 0.295.